The number of ether oxygens (including phenoxy) is 1. The topological polar surface area (TPSA) is 84.7 Å². The molecule has 134 valence electrons. The summed E-state index contributed by atoms with van der Waals surface area (Å²) in [6.45, 7) is 1.31. The van der Waals surface area contributed by atoms with Gasteiger partial charge in [-0.1, -0.05) is 30.0 Å². The van der Waals surface area contributed by atoms with E-state index in [0.717, 1.165) is 31.2 Å². The lowest BCUT2D eigenvalue weighted by Crippen LogP contribution is -2.24. The first-order valence-corrected chi connectivity index (χ1v) is 9.46. The Morgan fingerprint density at radius 2 is 2.35 bits per heavy atom. The fourth-order valence-corrected chi connectivity index (χ4v) is 3.96. The van der Waals surface area contributed by atoms with Gasteiger partial charge in [0.2, 0.25) is 0 Å². The van der Waals surface area contributed by atoms with Crippen molar-refractivity contribution in [1.29, 1.82) is 0 Å². The van der Waals surface area contributed by atoms with Crippen LogP contribution in [0.3, 0.4) is 0 Å². The molecule has 2 aliphatic heterocycles. The van der Waals surface area contributed by atoms with Gasteiger partial charge in [0, 0.05) is 19.3 Å². The van der Waals surface area contributed by atoms with Gasteiger partial charge in [-0.15, -0.1) is 0 Å². The molecule has 0 radical (unpaired) electrons. The molecule has 2 aromatic rings. The minimum absolute atomic E-state index is 0.100. The molecule has 0 bridgehead atoms. The second kappa shape index (κ2) is 7.18. The summed E-state index contributed by atoms with van der Waals surface area (Å²) < 4.78 is 7.46. The van der Waals surface area contributed by atoms with E-state index in [2.05, 4.69) is 15.6 Å². The second-order valence-corrected chi connectivity index (χ2v) is 7.70. The lowest BCUT2D eigenvalue weighted by Gasteiger charge is -2.14. The second-order valence-electron chi connectivity index (χ2n) is 5.98. The molecule has 2 saturated heterocycles. The average Bonchev–Trinajstić information content (AvgIpc) is 3.25. The summed E-state index contributed by atoms with van der Waals surface area (Å²) >= 11 is 6.15. The number of pyridine rings is 1. The van der Waals surface area contributed by atoms with Gasteiger partial charge in [0.25, 0.3) is 11.5 Å². The van der Waals surface area contributed by atoms with E-state index in [9.17, 15) is 9.59 Å². The smallest absolute Gasteiger partial charge is 0.267 e. The van der Waals surface area contributed by atoms with Crippen LogP contribution in [-0.4, -0.2) is 38.9 Å². The Morgan fingerprint density at radius 3 is 3.08 bits per heavy atom. The standard InChI is InChI=1S/C17H16N4O3S2/c22-15-12(26-17(25)20-15)8-11-14(18-9-10-4-3-7-24-10)19-13-5-1-2-6-21(13)16(11)23/h1-2,5-6,8,10,18H,3-4,7,9H2,(H,20,22,25)/b12-8+/t10-/m1/s1. The Labute approximate surface area is 158 Å². The molecule has 2 N–H and O–H groups in total. The molecule has 0 aromatic carbocycles. The van der Waals surface area contributed by atoms with Crippen molar-refractivity contribution >= 4 is 51.7 Å². The Kier molecular flexibility index (Phi) is 4.75. The number of thiocarbonyl (C=S) groups is 1. The quantitative estimate of drug-likeness (QED) is 0.610. The van der Waals surface area contributed by atoms with E-state index in [4.69, 9.17) is 17.0 Å². The molecule has 2 aliphatic rings. The molecule has 4 heterocycles. The van der Waals surface area contributed by atoms with Crippen molar-refractivity contribution in [3.8, 4) is 0 Å². The van der Waals surface area contributed by atoms with Crippen molar-refractivity contribution in [2.75, 3.05) is 18.5 Å². The van der Waals surface area contributed by atoms with Gasteiger partial charge >= 0.3 is 0 Å². The fourth-order valence-electron chi connectivity index (χ4n) is 2.94. The van der Waals surface area contributed by atoms with E-state index in [1.165, 1.54) is 4.40 Å². The minimum Gasteiger partial charge on any atom is -0.376 e. The number of anilines is 1. The van der Waals surface area contributed by atoms with Crippen molar-refractivity contribution in [1.82, 2.24) is 14.7 Å². The predicted octanol–water partition coefficient (Wildman–Crippen LogP) is 1.77. The number of nitrogens with zero attached hydrogens (tertiary/aromatic N) is 2. The Balaban J connectivity index is 1.77. The van der Waals surface area contributed by atoms with Crippen molar-refractivity contribution in [2.45, 2.75) is 18.9 Å². The molecule has 0 saturated carbocycles. The van der Waals surface area contributed by atoms with Crippen LogP contribution >= 0.6 is 24.0 Å². The monoisotopic (exact) mass is 388 g/mol. The number of hydrogen-bond acceptors (Lipinski definition) is 7. The molecule has 0 aliphatic carbocycles. The number of carbonyl (C=O) groups excluding carboxylic acids is 1. The van der Waals surface area contributed by atoms with E-state index >= 15 is 0 Å². The number of aromatic nitrogens is 2. The number of carbonyl (C=O) groups is 1. The van der Waals surface area contributed by atoms with E-state index < -0.39 is 0 Å². The summed E-state index contributed by atoms with van der Waals surface area (Å²) in [6, 6.07) is 5.35. The molecule has 9 heteroatoms. The Morgan fingerprint density at radius 1 is 1.46 bits per heavy atom. The summed E-state index contributed by atoms with van der Waals surface area (Å²) in [5.74, 6) is 0.137. The first kappa shape index (κ1) is 17.2. The van der Waals surface area contributed by atoms with Crippen LogP contribution in [0.5, 0.6) is 0 Å². The van der Waals surface area contributed by atoms with Gasteiger partial charge in [0.05, 0.1) is 16.6 Å². The first-order valence-electron chi connectivity index (χ1n) is 8.23. The fraction of sp³-hybridized carbons (Fsp3) is 0.294. The van der Waals surface area contributed by atoms with Crippen molar-refractivity contribution < 1.29 is 9.53 Å². The molecule has 0 spiro atoms. The minimum atomic E-state index is -0.303. The van der Waals surface area contributed by atoms with Crippen LogP contribution in [0.2, 0.25) is 0 Å². The number of thioether (sulfide) groups is 1. The predicted molar refractivity (Wildman–Crippen MR) is 105 cm³/mol. The normalized spacial score (nSPS) is 21.5. The maximum atomic E-state index is 13.0. The SMILES string of the molecule is O=C1NC(=S)S/C1=C/c1c(NC[C@H]2CCCO2)nc2ccccn2c1=O. The highest BCUT2D eigenvalue weighted by Crippen LogP contribution is 2.27. The van der Waals surface area contributed by atoms with Gasteiger partial charge in [0.15, 0.2) is 0 Å². The van der Waals surface area contributed by atoms with Gasteiger partial charge in [0.1, 0.15) is 15.8 Å². The van der Waals surface area contributed by atoms with E-state index in [1.807, 2.05) is 6.07 Å². The number of amides is 1. The van der Waals surface area contributed by atoms with Crippen molar-refractivity contribution in [3.63, 3.8) is 0 Å². The van der Waals surface area contributed by atoms with Crippen LogP contribution in [0.4, 0.5) is 5.82 Å². The third kappa shape index (κ3) is 3.37. The zero-order valence-corrected chi connectivity index (χ0v) is 15.4. The van der Waals surface area contributed by atoms with Crippen LogP contribution in [0.25, 0.3) is 11.7 Å². The highest BCUT2D eigenvalue weighted by atomic mass is 32.2. The van der Waals surface area contributed by atoms with Crippen LogP contribution in [0, 0.1) is 0 Å². The summed E-state index contributed by atoms with van der Waals surface area (Å²) in [4.78, 5) is 29.9. The summed E-state index contributed by atoms with van der Waals surface area (Å²) in [7, 11) is 0. The first-order chi connectivity index (χ1) is 12.6. The summed E-state index contributed by atoms with van der Waals surface area (Å²) in [6.07, 6.45) is 5.31. The van der Waals surface area contributed by atoms with Gasteiger partial charge in [-0.25, -0.2) is 4.98 Å². The number of rotatable bonds is 4. The molecular weight excluding hydrogens is 372 g/mol. The van der Waals surface area contributed by atoms with Crippen molar-refractivity contribution in [3.05, 3.63) is 45.2 Å². The summed E-state index contributed by atoms with van der Waals surface area (Å²) in [5, 5.41) is 5.78. The highest BCUT2D eigenvalue weighted by Gasteiger charge is 2.24. The molecule has 1 amide bonds. The van der Waals surface area contributed by atoms with Crippen LogP contribution < -0.4 is 16.2 Å². The van der Waals surface area contributed by atoms with Crippen molar-refractivity contribution in [2.24, 2.45) is 0 Å². The number of nitrogens with one attached hydrogen (secondary N) is 2. The molecule has 2 aromatic heterocycles. The summed E-state index contributed by atoms with van der Waals surface area (Å²) in [5.41, 5.74) is 0.617. The lowest BCUT2D eigenvalue weighted by atomic mass is 10.2. The lowest BCUT2D eigenvalue weighted by molar-refractivity contribution is -0.115. The van der Waals surface area contributed by atoms with Crippen LogP contribution in [0.1, 0.15) is 18.4 Å². The average molecular weight is 388 g/mol. The molecule has 0 unspecified atom stereocenters. The number of fused-ring (bicyclic) bond motifs is 1. The third-order valence-electron chi connectivity index (χ3n) is 4.21. The molecule has 2 fully saturated rings. The maximum absolute atomic E-state index is 13.0. The van der Waals surface area contributed by atoms with E-state index in [0.29, 0.717) is 32.8 Å². The highest BCUT2D eigenvalue weighted by molar-refractivity contribution is 8.26. The maximum Gasteiger partial charge on any atom is 0.267 e. The third-order valence-corrected chi connectivity index (χ3v) is 5.37. The van der Waals surface area contributed by atoms with Gasteiger partial charge < -0.3 is 15.4 Å². The Bertz CT molecular complexity index is 980. The van der Waals surface area contributed by atoms with Crippen LogP contribution in [-0.2, 0) is 9.53 Å². The molecule has 26 heavy (non-hydrogen) atoms. The van der Waals surface area contributed by atoms with Crippen LogP contribution in [0.15, 0.2) is 34.1 Å². The van der Waals surface area contributed by atoms with Gasteiger partial charge in [-0.3, -0.25) is 14.0 Å². The van der Waals surface area contributed by atoms with Gasteiger partial charge in [-0.2, -0.15) is 0 Å². The van der Waals surface area contributed by atoms with E-state index in [1.54, 1.807) is 24.4 Å². The number of hydrogen-bond donors (Lipinski definition) is 2. The molecule has 4 rings (SSSR count). The van der Waals surface area contributed by atoms with E-state index in [-0.39, 0.29) is 17.6 Å². The largest absolute Gasteiger partial charge is 0.376 e. The Hall–Kier alpha value is -2.23. The molecular formula is C17H16N4O3S2. The van der Waals surface area contributed by atoms with Gasteiger partial charge in [-0.05, 0) is 31.1 Å². The molecule has 1 atom stereocenters. The zero-order chi connectivity index (χ0) is 18.1. The molecule has 7 nitrogen and oxygen atoms in total. The zero-order valence-electron chi connectivity index (χ0n) is 13.7.